The number of benzene rings is 12. The number of pyridine rings is 1. The molecule has 0 aliphatic rings. The molecule has 3 aromatic heterocycles. The van der Waals surface area contributed by atoms with Crippen LogP contribution >= 0.6 is 11.3 Å². The van der Waals surface area contributed by atoms with Gasteiger partial charge in [-0.2, -0.15) is 0 Å². The van der Waals surface area contributed by atoms with Crippen LogP contribution in [0.3, 0.4) is 0 Å². The number of hydrogen-bond donors (Lipinski definition) is 0. The third-order valence-corrected chi connectivity index (χ3v) is 15.7. The third-order valence-electron chi connectivity index (χ3n) is 14.6. The van der Waals surface area contributed by atoms with Gasteiger partial charge in [-0.1, -0.05) is 206 Å². The normalized spacial score (nSPS) is 12.1. The van der Waals surface area contributed by atoms with Crippen molar-refractivity contribution in [3.63, 3.8) is 0 Å². The zero-order chi connectivity index (χ0) is 44.5. The molecule has 0 saturated carbocycles. The summed E-state index contributed by atoms with van der Waals surface area (Å²) in [6.07, 6.45) is 0. The van der Waals surface area contributed by atoms with E-state index in [1.807, 2.05) is 11.3 Å². The first-order valence-corrected chi connectivity index (χ1v) is 24.2. The van der Waals surface area contributed by atoms with E-state index in [2.05, 4.69) is 235 Å². The van der Waals surface area contributed by atoms with Gasteiger partial charge in [-0.05, 0) is 122 Å². The lowest BCUT2D eigenvalue weighted by Gasteiger charge is -2.14. The smallest absolute Gasteiger partial charge is 0.156 e. The zero-order valence-corrected chi connectivity index (χ0v) is 37.6. The second-order valence-electron chi connectivity index (χ2n) is 18.2. The maximum atomic E-state index is 5.49. The van der Waals surface area contributed by atoms with Gasteiger partial charge in [-0.3, -0.25) is 4.40 Å². The van der Waals surface area contributed by atoms with Crippen molar-refractivity contribution in [2.75, 3.05) is 0 Å². The first kappa shape index (κ1) is 37.6. The second-order valence-corrected chi connectivity index (χ2v) is 19.2. The molecule has 0 bridgehead atoms. The Bertz CT molecular complexity index is 4560. The van der Waals surface area contributed by atoms with Gasteiger partial charge in [-0.25, -0.2) is 4.98 Å². The Morgan fingerprint density at radius 3 is 1.46 bits per heavy atom. The molecule has 0 N–H and O–H groups in total. The highest BCUT2D eigenvalue weighted by molar-refractivity contribution is 7.26. The monoisotopic (exact) mass is 878 g/mol. The predicted octanol–water partition coefficient (Wildman–Crippen LogP) is 18.4. The van der Waals surface area contributed by atoms with Crippen LogP contribution in [-0.4, -0.2) is 9.38 Å². The topological polar surface area (TPSA) is 17.3 Å². The van der Waals surface area contributed by atoms with Crippen LogP contribution in [-0.2, 0) is 0 Å². The van der Waals surface area contributed by atoms with Gasteiger partial charge in [0.1, 0.15) is 0 Å². The summed E-state index contributed by atoms with van der Waals surface area (Å²) in [7, 11) is 0. The summed E-state index contributed by atoms with van der Waals surface area (Å²) in [5.41, 5.74) is 12.7. The summed E-state index contributed by atoms with van der Waals surface area (Å²) in [5.74, 6) is 0. The Morgan fingerprint density at radius 1 is 0.324 bits per heavy atom. The fourth-order valence-corrected chi connectivity index (χ4v) is 12.5. The molecule has 0 amide bonds. The van der Waals surface area contributed by atoms with E-state index in [1.54, 1.807) is 0 Å². The molecule has 15 rings (SSSR count). The molecule has 0 saturated heterocycles. The number of fused-ring (bicyclic) bond motifs is 18. The highest BCUT2D eigenvalue weighted by atomic mass is 32.1. The SMILES string of the molecule is c1ccc2c(c1)ccc1c2nc2c3sc4ccc5ccccc5c4c3cc(-c3ccc(-c4ccc(-c5ccc(-c6ccc7c8ccccc8c8ccccc8c7c6)cc5)c5ccccc45)cc3)n12. The molecular formula is C65H38N2S. The summed E-state index contributed by atoms with van der Waals surface area (Å²) >= 11 is 1.85. The van der Waals surface area contributed by atoms with Crippen LogP contribution in [0, 0.1) is 0 Å². The lowest BCUT2D eigenvalue weighted by atomic mass is 9.90. The van der Waals surface area contributed by atoms with E-state index < -0.39 is 0 Å². The molecule has 15 aromatic rings. The van der Waals surface area contributed by atoms with Crippen molar-refractivity contribution >= 4 is 113 Å². The summed E-state index contributed by atoms with van der Waals surface area (Å²) in [6.45, 7) is 0. The molecule has 0 atom stereocenters. The van der Waals surface area contributed by atoms with Crippen molar-refractivity contribution in [2.45, 2.75) is 0 Å². The lowest BCUT2D eigenvalue weighted by molar-refractivity contribution is 1.25. The number of hydrogen-bond acceptors (Lipinski definition) is 2. The van der Waals surface area contributed by atoms with E-state index >= 15 is 0 Å². The molecule has 12 aromatic carbocycles. The minimum Gasteiger partial charge on any atom is -0.291 e. The van der Waals surface area contributed by atoms with Gasteiger partial charge in [0.15, 0.2) is 5.65 Å². The quantitative estimate of drug-likeness (QED) is 0.161. The minimum atomic E-state index is 1.01. The fraction of sp³-hybridized carbons (Fsp3) is 0. The van der Waals surface area contributed by atoms with E-state index in [0.29, 0.717) is 0 Å². The number of rotatable bonds is 4. The van der Waals surface area contributed by atoms with E-state index in [-0.39, 0.29) is 0 Å². The van der Waals surface area contributed by atoms with Crippen molar-refractivity contribution < 1.29 is 0 Å². The van der Waals surface area contributed by atoms with Crippen molar-refractivity contribution in [3.8, 4) is 44.6 Å². The average molecular weight is 879 g/mol. The maximum Gasteiger partial charge on any atom is 0.156 e. The first-order chi connectivity index (χ1) is 33.7. The van der Waals surface area contributed by atoms with Crippen LogP contribution in [0.25, 0.3) is 146 Å². The molecule has 2 nitrogen and oxygen atoms in total. The van der Waals surface area contributed by atoms with Gasteiger partial charge in [0.25, 0.3) is 0 Å². The molecule has 314 valence electrons. The molecule has 0 fully saturated rings. The molecule has 3 heterocycles. The van der Waals surface area contributed by atoms with Crippen LogP contribution < -0.4 is 0 Å². The molecule has 0 radical (unpaired) electrons. The van der Waals surface area contributed by atoms with Crippen molar-refractivity contribution in [1.29, 1.82) is 0 Å². The zero-order valence-electron chi connectivity index (χ0n) is 36.7. The minimum absolute atomic E-state index is 1.01. The van der Waals surface area contributed by atoms with Crippen molar-refractivity contribution in [2.24, 2.45) is 0 Å². The predicted molar refractivity (Wildman–Crippen MR) is 292 cm³/mol. The number of nitrogens with zero attached hydrogens (tertiary/aromatic N) is 2. The molecule has 0 unspecified atom stereocenters. The van der Waals surface area contributed by atoms with E-state index in [4.69, 9.17) is 4.98 Å². The Balaban J connectivity index is 0.833. The number of thiophene rings is 1. The van der Waals surface area contributed by atoms with Crippen LogP contribution in [0.4, 0.5) is 0 Å². The van der Waals surface area contributed by atoms with Gasteiger partial charge in [0.05, 0.1) is 21.4 Å². The second kappa shape index (κ2) is 14.4. The largest absolute Gasteiger partial charge is 0.291 e. The maximum absolute atomic E-state index is 5.49. The van der Waals surface area contributed by atoms with Crippen molar-refractivity contribution in [1.82, 2.24) is 9.38 Å². The molecule has 0 aliphatic carbocycles. The Kier molecular flexibility index (Phi) is 7.98. The van der Waals surface area contributed by atoms with E-state index in [1.165, 1.54) is 118 Å². The summed E-state index contributed by atoms with van der Waals surface area (Å²) in [5, 5.41) is 17.7. The van der Waals surface area contributed by atoms with Crippen LogP contribution in [0.15, 0.2) is 231 Å². The summed E-state index contributed by atoms with van der Waals surface area (Å²) in [4.78, 5) is 5.49. The van der Waals surface area contributed by atoms with E-state index in [9.17, 15) is 0 Å². The molecule has 0 aliphatic heterocycles. The Labute approximate surface area is 395 Å². The van der Waals surface area contributed by atoms with Gasteiger partial charge < -0.3 is 0 Å². The third kappa shape index (κ3) is 5.48. The average Bonchev–Trinajstić information content (AvgIpc) is 4.00. The summed E-state index contributed by atoms with van der Waals surface area (Å²) < 4.78 is 4.90. The molecule has 0 spiro atoms. The van der Waals surface area contributed by atoms with Gasteiger partial charge >= 0.3 is 0 Å². The Hall–Kier alpha value is -8.63. The molecule has 68 heavy (non-hydrogen) atoms. The molecule has 3 heteroatoms. The number of imidazole rings is 1. The standard InChI is InChI=1S/C65H38N2S/c1-3-13-48-40(11-1)31-36-61-62(48)58-38-60(67-59-35-30-41-12-2-4-14-49(41)63(59)66-65(67)64(58)68-61)44-27-25-43(26-28-44)47-34-33-46(50-15-5-6-16-51(47)50)42-23-21-39(22-24-42)45-29-32-56-54-19-8-7-17-52(54)53-18-9-10-20-55(53)57(56)37-45/h1-38H. The Morgan fingerprint density at radius 2 is 0.809 bits per heavy atom. The van der Waals surface area contributed by atoms with Gasteiger partial charge in [0, 0.05) is 20.9 Å². The van der Waals surface area contributed by atoms with Crippen molar-refractivity contribution in [3.05, 3.63) is 231 Å². The number of aromatic nitrogens is 2. The lowest BCUT2D eigenvalue weighted by Crippen LogP contribution is -1.93. The van der Waals surface area contributed by atoms with Crippen LogP contribution in [0.2, 0.25) is 0 Å². The molecular weight excluding hydrogens is 841 g/mol. The highest BCUT2D eigenvalue weighted by Crippen LogP contribution is 2.45. The van der Waals surface area contributed by atoms with Crippen LogP contribution in [0.5, 0.6) is 0 Å². The van der Waals surface area contributed by atoms with Crippen LogP contribution in [0.1, 0.15) is 0 Å². The van der Waals surface area contributed by atoms with Gasteiger partial charge in [0.2, 0.25) is 0 Å². The fourth-order valence-electron chi connectivity index (χ4n) is 11.4. The van der Waals surface area contributed by atoms with Gasteiger partial charge in [-0.15, -0.1) is 11.3 Å². The summed E-state index contributed by atoms with van der Waals surface area (Å²) in [6, 6.07) is 85.1. The highest BCUT2D eigenvalue weighted by Gasteiger charge is 2.21. The first-order valence-electron chi connectivity index (χ1n) is 23.4. The van der Waals surface area contributed by atoms with E-state index in [0.717, 1.165) is 27.9 Å².